The Balaban J connectivity index is 1.51. The van der Waals surface area contributed by atoms with Gasteiger partial charge in [-0.1, -0.05) is 49.4 Å². The number of rotatable bonds is 6. The van der Waals surface area contributed by atoms with Crippen molar-refractivity contribution in [2.75, 3.05) is 6.54 Å². The summed E-state index contributed by atoms with van der Waals surface area (Å²) in [6, 6.07) is 15.1. The van der Waals surface area contributed by atoms with E-state index in [0.717, 1.165) is 17.0 Å². The van der Waals surface area contributed by atoms with E-state index in [1.54, 1.807) is 54.3 Å². The third-order valence-electron chi connectivity index (χ3n) is 5.84. The van der Waals surface area contributed by atoms with Crippen molar-refractivity contribution in [2.45, 2.75) is 38.3 Å². The average Bonchev–Trinajstić information content (AvgIpc) is 3.30. The first-order valence-electron chi connectivity index (χ1n) is 10.3. The molecular formula is C23H24N4O4. The Kier molecular flexibility index (Phi) is 5.46. The second-order valence-corrected chi connectivity index (χ2v) is 7.76. The topological polar surface area (TPSA) is 98.8 Å². The van der Waals surface area contributed by atoms with Gasteiger partial charge in [0, 0.05) is 25.1 Å². The summed E-state index contributed by atoms with van der Waals surface area (Å²) in [6.07, 6.45) is 1.73. The van der Waals surface area contributed by atoms with Crippen LogP contribution in [0.2, 0.25) is 0 Å². The zero-order chi connectivity index (χ0) is 22.0. The van der Waals surface area contributed by atoms with Crippen molar-refractivity contribution in [3.8, 4) is 0 Å². The molecule has 2 saturated heterocycles. The van der Waals surface area contributed by atoms with Crippen LogP contribution in [0.25, 0.3) is 0 Å². The lowest BCUT2D eigenvalue weighted by atomic mass is 9.87. The van der Waals surface area contributed by atoms with Crippen molar-refractivity contribution in [1.29, 1.82) is 0 Å². The first-order valence-corrected chi connectivity index (χ1v) is 10.3. The number of carbonyl (C=O) groups excluding carboxylic acids is 4. The quantitative estimate of drug-likeness (QED) is 0.701. The highest BCUT2D eigenvalue weighted by Crippen LogP contribution is 2.31. The van der Waals surface area contributed by atoms with Gasteiger partial charge in [0.1, 0.15) is 5.54 Å². The molecule has 0 saturated carbocycles. The lowest BCUT2D eigenvalue weighted by Gasteiger charge is -2.25. The fraction of sp³-hybridized carbons (Fsp3) is 0.304. The summed E-state index contributed by atoms with van der Waals surface area (Å²) in [5.41, 5.74) is 2.99. The Morgan fingerprint density at radius 3 is 2.55 bits per heavy atom. The number of amides is 5. The van der Waals surface area contributed by atoms with Gasteiger partial charge in [-0.05, 0) is 36.1 Å². The van der Waals surface area contributed by atoms with E-state index in [1.807, 2.05) is 12.1 Å². The molecule has 4 rings (SSSR count). The number of urea groups is 1. The predicted molar refractivity (Wildman–Crippen MR) is 112 cm³/mol. The van der Waals surface area contributed by atoms with Crippen molar-refractivity contribution in [2.24, 2.45) is 0 Å². The van der Waals surface area contributed by atoms with E-state index < -0.39 is 23.4 Å². The minimum Gasteiger partial charge on any atom is -0.338 e. The summed E-state index contributed by atoms with van der Waals surface area (Å²) in [6.45, 7) is 2.94. The van der Waals surface area contributed by atoms with Crippen LogP contribution >= 0.6 is 0 Å². The minimum absolute atomic E-state index is 0.103. The average molecular weight is 420 g/mol. The van der Waals surface area contributed by atoms with Gasteiger partial charge in [-0.15, -0.1) is 0 Å². The monoisotopic (exact) mass is 420 g/mol. The Labute approximate surface area is 180 Å². The number of nitrogens with one attached hydrogen (secondary N) is 2. The maximum Gasteiger partial charge on any atom is 0.344 e. The van der Waals surface area contributed by atoms with E-state index in [9.17, 15) is 19.2 Å². The standard InChI is InChI=1S/C23H24N4O4/c1-2-23(18-10-4-3-5-11-18)21(30)27(22(31)24-23)25-20(29)17-9-6-8-16(14-17)15-26-13-7-12-19(26)28/h3-6,8-11,14H,2,7,12-13,15H2,1H3,(H,24,31)(H,25,29)/t23-/m1/s1. The molecule has 0 radical (unpaired) electrons. The molecule has 5 amide bonds. The summed E-state index contributed by atoms with van der Waals surface area (Å²) in [7, 11) is 0. The van der Waals surface area contributed by atoms with Crippen molar-refractivity contribution < 1.29 is 19.2 Å². The van der Waals surface area contributed by atoms with Crippen molar-refractivity contribution >= 4 is 23.8 Å². The molecule has 2 aliphatic heterocycles. The second kappa shape index (κ2) is 8.22. The number of nitrogens with zero attached hydrogens (tertiary/aromatic N) is 2. The zero-order valence-corrected chi connectivity index (χ0v) is 17.3. The zero-order valence-electron chi connectivity index (χ0n) is 17.3. The lowest BCUT2D eigenvalue weighted by molar-refractivity contribution is -0.133. The molecule has 0 aliphatic carbocycles. The molecule has 0 unspecified atom stereocenters. The summed E-state index contributed by atoms with van der Waals surface area (Å²) in [4.78, 5) is 52.2. The molecule has 2 aromatic carbocycles. The Morgan fingerprint density at radius 1 is 1.10 bits per heavy atom. The SMILES string of the molecule is CC[C@]1(c2ccccc2)NC(=O)N(NC(=O)c2cccc(CN3CCCC3=O)c2)C1=O. The Morgan fingerprint density at radius 2 is 1.87 bits per heavy atom. The molecule has 31 heavy (non-hydrogen) atoms. The molecular weight excluding hydrogens is 396 g/mol. The Bertz CT molecular complexity index is 1040. The first-order chi connectivity index (χ1) is 14.9. The predicted octanol–water partition coefficient (Wildman–Crippen LogP) is 2.31. The summed E-state index contributed by atoms with van der Waals surface area (Å²) in [5, 5.41) is 3.48. The van der Waals surface area contributed by atoms with Crippen LogP contribution in [-0.2, 0) is 21.7 Å². The van der Waals surface area contributed by atoms with Crippen molar-refractivity contribution in [3.63, 3.8) is 0 Å². The molecule has 0 aromatic heterocycles. The normalized spacial score (nSPS) is 20.9. The van der Waals surface area contributed by atoms with Crippen LogP contribution < -0.4 is 10.7 Å². The van der Waals surface area contributed by atoms with Gasteiger partial charge in [-0.25, -0.2) is 4.79 Å². The number of carbonyl (C=O) groups is 4. The highest BCUT2D eigenvalue weighted by molar-refractivity contribution is 6.09. The van der Waals surface area contributed by atoms with Gasteiger partial charge >= 0.3 is 6.03 Å². The van der Waals surface area contributed by atoms with Crippen molar-refractivity contribution in [1.82, 2.24) is 20.7 Å². The third-order valence-corrected chi connectivity index (χ3v) is 5.84. The molecule has 0 bridgehead atoms. The minimum atomic E-state index is -1.22. The van der Waals surface area contributed by atoms with Crippen LogP contribution in [0, 0.1) is 0 Å². The van der Waals surface area contributed by atoms with E-state index in [2.05, 4.69) is 10.7 Å². The number of benzene rings is 2. The van der Waals surface area contributed by atoms with Gasteiger partial charge in [0.2, 0.25) is 5.91 Å². The van der Waals surface area contributed by atoms with Gasteiger partial charge in [-0.2, -0.15) is 5.01 Å². The van der Waals surface area contributed by atoms with Crippen LogP contribution in [-0.4, -0.2) is 40.2 Å². The van der Waals surface area contributed by atoms with Gasteiger partial charge in [0.15, 0.2) is 0 Å². The molecule has 1 atom stereocenters. The Hall–Kier alpha value is -3.68. The molecule has 0 spiro atoms. The highest BCUT2D eigenvalue weighted by Gasteiger charge is 2.52. The first kappa shape index (κ1) is 20.6. The number of likely N-dealkylation sites (tertiary alicyclic amines) is 1. The fourth-order valence-corrected chi connectivity index (χ4v) is 4.11. The van der Waals surface area contributed by atoms with Gasteiger partial charge in [0.25, 0.3) is 11.8 Å². The second-order valence-electron chi connectivity index (χ2n) is 7.76. The van der Waals surface area contributed by atoms with Crippen molar-refractivity contribution in [3.05, 3.63) is 71.3 Å². The smallest absolute Gasteiger partial charge is 0.338 e. The number of hydrogen-bond acceptors (Lipinski definition) is 4. The summed E-state index contributed by atoms with van der Waals surface area (Å²) < 4.78 is 0. The summed E-state index contributed by atoms with van der Waals surface area (Å²) in [5.74, 6) is -0.998. The third kappa shape index (κ3) is 3.76. The van der Waals surface area contributed by atoms with E-state index in [1.165, 1.54) is 0 Å². The van der Waals surface area contributed by atoms with Gasteiger partial charge in [0.05, 0.1) is 0 Å². The molecule has 8 nitrogen and oxygen atoms in total. The number of hydrazine groups is 1. The van der Waals surface area contributed by atoms with Gasteiger partial charge < -0.3 is 10.2 Å². The fourth-order valence-electron chi connectivity index (χ4n) is 4.11. The highest BCUT2D eigenvalue weighted by atomic mass is 16.2. The molecule has 2 fully saturated rings. The molecule has 8 heteroatoms. The van der Waals surface area contributed by atoms with E-state index >= 15 is 0 Å². The van der Waals surface area contributed by atoms with Crippen LogP contribution in [0.15, 0.2) is 54.6 Å². The molecule has 2 N–H and O–H groups in total. The maximum atomic E-state index is 13.2. The van der Waals surface area contributed by atoms with E-state index in [0.29, 0.717) is 37.1 Å². The largest absolute Gasteiger partial charge is 0.344 e. The van der Waals surface area contributed by atoms with Gasteiger partial charge in [-0.3, -0.25) is 19.8 Å². The molecule has 2 aliphatic rings. The van der Waals surface area contributed by atoms with Crippen LogP contribution in [0.1, 0.15) is 47.7 Å². The summed E-state index contributed by atoms with van der Waals surface area (Å²) >= 11 is 0. The molecule has 2 heterocycles. The van der Waals surface area contributed by atoms with E-state index in [4.69, 9.17) is 0 Å². The maximum absolute atomic E-state index is 13.2. The lowest BCUT2D eigenvalue weighted by Crippen LogP contribution is -2.48. The number of imide groups is 1. The van der Waals surface area contributed by atoms with Crippen LogP contribution in [0.5, 0.6) is 0 Å². The van der Waals surface area contributed by atoms with Crippen LogP contribution in [0.4, 0.5) is 4.79 Å². The van der Waals surface area contributed by atoms with Crippen LogP contribution in [0.3, 0.4) is 0 Å². The molecule has 160 valence electrons. The molecule has 2 aromatic rings. The van der Waals surface area contributed by atoms with E-state index in [-0.39, 0.29) is 5.91 Å². The number of hydrogen-bond donors (Lipinski definition) is 2.